The van der Waals surface area contributed by atoms with E-state index in [0.717, 1.165) is 12.0 Å². The maximum Gasteiger partial charge on any atom is 0.250 e. The number of hydrogen-bond donors (Lipinski definition) is 1. The topological polar surface area (TPSA) is 68.2 Å². The zero-order valence-corrected chi connectivity index (χ0v) is 12.6. The van der Waals surface area contributed by atoms with E-state index in [0.29, 0.717) is 12.1 Å². The van der Waals surface area contributed by atoms with Gasteiger partial charge in [-0.25, -0.2) is 8.42 Å². The van der Waals surface area contributed by atoms with E-state index in [9.17, 15) is 13.2 Å². The van der Waals surface area contributed by atoms with Gasteiger partial charge in [0.25, 0.3) is 0 Å². The molecule has 1 aromatic heterocycles. The van der Waals surface area contributed by atoms with Crippen LogP contribution in [0.15, 0.2) is 53.5 Å². The highest BCUT2D eigenvalue weighted by Crippen LogP contribution is 2.09. The predicted octanol–water partition coefficient (Wildman–Crippen LogP) is 1.76. The van der Waals surface area contributed by atoms with Gasteiger partial charge in [-0.1, -0.05) is 30.3 Å². The number of nitrogens with one attached hydrogen (secondary N) is 1. The molecule has 0 saturated carbocycles. The molecular weight excluding hydrogens is 288 g/mol. The first-order chi connectivity index (χ1) is 9.96. The molecule has 0 saturated heterocycles. The number of hydrogen-bond acceptors (Lipinski definition) is 3. The first-order valence-electron chi connectivity index (χ1n) is 6.67. The van der Waals surface area contributed by atoms with Crippen LogP contribution in [-0.2, 0) is 23.5 Å². The number of rotatable bonds is 6. The second kappa shape index (κ2) is 6.58. The molecule has 0 amide bonds. The molecule has 0 spiro atoms. The average Bonchev–Trinajstić information content (AvgIpc) is 2.43. The highest BCUT2D eigenvalue weighted by atomic mass is 32.2. The number of anilines is 1. The van der Waals surface area contributed by atoms with E-state index in [1.807, 2.05) is 30.3 Å². The molecule has 0 fully saturated rings. The Morgan fingerprint density at radius 2 is 1.81 bits per heavy atom. The van der Waals surface area contributed by atoms with Crippen LogP contribution in [0.25, 0.3) is 0 Å². The Morgan fingerprint density at radius 1 is 1.10 bits per heavy atom. The maximum atomic E-state index is 12.0. The summed E-state index contributed by atoms with van der Waals surface area (Å²) in [7, 11) is -1.82. The zero-order chi connectivity index (χ0) is 15.3. The summed E-state index contributed by atoms with van der Waals surface area (Å²) in [4.78, 5) is 11.3. The molecule has 1 N–H and O–H groups in total. The van der Waals surface area contributed by atoms with Crippen molar-refractivity contribution in [2.75, 3.05) is 10.5 Å². The highest BCUT2D eigenvalue weighted by Gasteiger charge is 2.10. The summed E-state index contributed by atoms with van der Waals surface area (Å²) in [5, 5.41) is 0. The molecule has 1 heterocycles. The van der Waals surface area contributed by atoms with Gasteiger partial charge in [-0.05, 0) is 24.5 Å². The van der Waals surface area contributed by atoms with Gasteiger partial charge in [-0.15, -0.1) is 0 Å². The predicted molar refractivity (Wildman–Crippen MR) is 83.9 cm³/mol. The summed E-state index contributed by atoms with van der Waals surface area (Å²) >= 11 is 0. The molecule has 0 aliphatic carbocycles. The van der Waals surface area contributed by atoms with Crippen molar-refractivity contribution in [1.29, 1.82) is 0 Å². The minimum absolute atomic E-state index is 0.0464. The normalized spacial score (nSPS) is 11.3. The van der Waals surface area contributed by atoms with Crippen LogP contribution in [0.2, 0.25) is 0 Å². The van der Waals surface area contributed by atoms with Crippen LogP contribution in [0.4, 0.5) is 5.69 Å². The lowest BCUT2D eigenvalue weighted by atomic mass is 10.1. The van der Waals surface area contributed by atoms with Crippen LogP contribution >= 0.6 is 0 Å². The minimum Gasteiger partial charge on any atom is -0.316 e. The number of sulfonamides is 1. The molecule has 1 aromatic carbocycles. The standard InChI is InChI=1S/C15H18N2O3S/c1-17-12-14(9-10-15(17)18)16-21(19,20)11-5-8-13-6-3-2-4-7-13/h2-4,6-7,9-10,12,16H,5,8,11H2,1H3. The Hall–Kier alpha value is -2.08. The summed E-state index contributed by atoms with van der Waals surface area (Å²) in [6.07, 6.45) is 2.73. The molecule has 0 aliphatic heterocycles. The lowest BCUT2D eigenvalue weighted by Gasteiger charge is -2.09. The summed E-state index contributed by atoms with van der Waals surface area (Å²) in [5.41, 5.74) is 1.34. The van der Waals surface area contributed by atoms with E-state index in [-0.39, 0.29) is 11.3 Å². The number of aromatic nitrogens is 1. The lowest BCUT2D eigenvalue weighted by Crippen LogP contribution is -2.20. The fourth-order valence-electron chi connectivity index (χ4n) is 2.00. The third kappa shape index (κ3) is 4.75. The first kappa shape index (κ1) is 15.3. The Bertz CT molecular complexity index is 752. The fraction of sp³-hybridized carbons (Fsp3) is 0.267. The van der Waals surface area contributed by atoms with E-state index in [4.69, 9.17) is 0 Å². The molecular formula is C15H18N2O3S. The van der Waals surface area contributed by atoms with Gasteiger partial charge in [0, 0.05) is 19.3 Å². The van der Waals surface area contributed by atoms with Crippen molar-refractivity contribution in [3.63, 3.8) is 0 Å². The fourth-order valence-corrected chi connectivity index (χ4v) is 3.10. The molecule has 5 nitrogen and oxygen atoms in total. The summed E-state index contributed by atoms with van der Waals surface area (Å²) in [6, 6.07) is 12.6. The molecule has 2 aromatic rings. The van der Waals surface area contributed by atoms with Crippen LogP contribution in [0.5, 0.6) is 0 Å². The van der Waals surface area contributed by atoms with Crippen LogP contribution in [0.3, 0.4) is 0 Å². The molecule has 0 aliphatic rings. The summed E-state index contributed by atoms with van der Waals surface area (Å²) < 4.78 is 27.8. The van der Waals surface area contributed by atoms with Crippen molar-refractivity contribution < 1.29 is 8.42 Å². The number of benzene rings is 1. The van der Waals surface area contributed by atoms with Crippen molar-refractivity contribution in [3.05, 3.63) is 64.6 Å². The van der Waals surface area contributed by atoms with Gasteiger partial charge in [0.1, 0.15) is 0 Å². The number of nitrogens with zero attached hydrogens (tertiary/aromatic N) is 1. The van der Waals surface area contributed by atoms with Crippen molar-refractivity contribution in [2.45, 2.75) is 12.8 Å². The molecule has 2 rings (SSSR count). The van der Waals surface area contributed by atoms with E-state index >= 15 is 0 Å². The summed E-state index contributed by atoms with van der Waals surface area (Å²) in [5.74, 6) is 0.0464. The molecule has 21 heavy (non-hydrogen) atoms. The smallest absolute Gasteiger partial charge is 0.250 e. The Labute approximate surface area is 124 Å². The monoisotopic (exact) mass is 306 g/mol. The van der Waals surface area contributed by atoms with Crippen LogP contribution < -0.4 is 10.3 Å². The van der Waals surface area contributed by atoms with Gasteiger partial charge in [-0.3, -0.25) is 9.52 Å². The second-order valence-corrected chi connectivity index (χ2v) is 6.72. The SMILES string of the molecule is Cn1cc(NS(=O)(=O)CCCc2ccccc2)ccc1=O. The van der Waals surface area contributed by atoms with Gasteiger partial charge < -0.3 is 4.57 Å². The first-order valence-corrected chi connectivity index (χ1v) is 8.33. The molecule has 0 atom stereocenters. The van der Waals surface area contributed by atoms with E-state index in [2.05, 4.69) is 4.72 Å². The van der Waals surface area contributed by atoms with Crippen molar-refractivity contribution >= 4 is 15.7 Å². The third-order valence-corrected chi connectivity index (χ3v) is 4.45. The van der Waals surface area contributed by atoms with Crippen LogP contribution in [-0.4, -0.2) is 18.7 Å². The zero-order valence-electron chi connectivity index (χ0n) is 11.8. The van der Waals surface area contributed by atoms with Crippen molar-refractivity contribution in [1.82, 2.24) is 4.57 Å². The molecule has 0 bridgehead atoms. The third-order valence-electron chi connectivity index (χ3n) is 3.08. The molecule has 0 unspecified atom stereocenters. The van der Waals surface area contributed by atoms with Crippen molar-refractivity contribution in [2.24, 2.45) is 7.05 Å². The maximum absolute atomic E-state index is 12.0. The van der Waals surface area contributed by atoms with Gasteiger partial charge in [0.05, 0.1) is 11.4 Å². The second-order valence-electron chi connectivity index (χ2n) is 4.88. The van der Waals surface area contributed by atoms with Gasteiger partial charge in [0.2, 0.25) is 15.6 Å². The molecule has 0 radical (unpaired) electrons. The number of pyridine rings is 1. The van der Waals surface area contributed by atoms with Gasteiger partial charge in [0.15, 0.2) is 0 Å². The molecule has 112 valence electrons. The summed E-state index contributed by atoms with van der Waals surface area (Å²) in [6.45, 7) is 0. The van der Waals surface area contributed by atoms with E-state index in [1.54, 1.807) is 7.05 Å². The highest BCUT2D eigenvalue weighted by molar-refractivity contribution is 7.92. The average molecular weight is 306 g/mol. The van der Waals surface area contributed by atoms with Gasteiger partial charge >= 0.3 is 0 Å². The lowest BCUT2D eigenvalue weighted by molar-refractivity contribution is 0.598. The van der Waals surface area contributed by atoms with E-state index < -0.39 is 10.0 Å². The molecule has 6 heteroatoms. The Morgan fingerprint density at radius 3 is 2.48 bits per heavy atom. The van der Waals surface area contributed by atoms with E-state index in [1.165, 1.54) is 22.9 Å². The number of aryl methyl sites for hydroxylation is 2. The van der Waals surface area contributed by atoms with Crippen molar-refractivity contribution in [3.8, 4) is 0 Å². The Balaban J connectivity index is 1.92. The van der Waals surface area contributed by atoms with Crippen LogP contribution in [0, 0.1) is 0 Å². The largest absolute Gasteiger partial charge is 0.316 e. The Kier molecular flexibility index (Phi) is 4.80. The quantitative estimate of drug-likeness (QED) is 0.884. The van der Waals surface area contributed by atoms with Gasteiger partial charge in [-0.2, -0.15) is 0 Å². The minimum atomic E-state index is -3.40. The van der Waals surface area contributed by atoms with Crippen LogP contribution in [0.1, 0.15) is 12.0 Å².